The molecule has 26 heavy (non-hydrogen) atoms. The highest BCUT2D eigenvalue weighted by Gasteiger charge is 2.28. The van der Waals surface area contributed by atoms with Gasteiger partial charge in [-0.1, -0.05) is 52.5 Å². The third-order valence-electron chi connectivity index (χ3n) is 3.89. The molecule has 0 radical (unpaired) electrons. The lowest BCUT2D eigenvalue weighted by Crippen LogP contribution is -2.41. The average Bonchev–Trinajstić information content (AvgIpc) is 2.62. The summed E-state index contributed by atoms with van der Waals surface area (Å²) in [4.78, 5) is 16.6. The second-order valence-electron chi connectivity index (χ2n) is 6.13. The minimum atomic E-state index is -0.753. The monoisotopic (exact) mass is 434 g/mol. The van der Waals surface area contributed by atoms with Crippen LogP contribution in [-0.2, 0) is 5.54 Å². The van der Waals surface area contributed by atoms with E-state index in [0.29, 0.717) is 24.7 Å². The lowest BCUT2D eigenvalue weighted by molar-refractivity contribution is 0.0906. The number of aromatic nitrogens is 1. The summed E-state index contributed by atoms with van der Waals surface area (Å²) in [6, 6.07) is 5.48. The van der Waals surface area contributed by atoms with Crippen LogP contribution in [-0.4, -0.2) is 24.1 Å². The summed E-state index contributed by atoms with van der Waals surface area (Å²) in [5.41, 5.74) is -0.0367. The molecule has 1 N–H and O–H groups in total. The smallest absolute Gasteiger partial charge is 0.272 e. The van der Waals surface area contributed by atoms with Gasteiger partial charge in [-0.3, -0.25) is 4.79 Å². The molecular formula is C17H14Cl4N2O3. The number of fused-ring (bicyclic) bond motifs is 1. The van der Waals surface area contributed by atoms with E-state index in [1.54, 1.807) is 6.07 Å². The highest BCUT2D eigenvalue weighted by Crippen LogP contribution is 2.37. The number of amides is 1. The fourth-order valence-corrected chi connectivity index (χ4v) is 3.30. The summed E-state index contributed by atoms with van der Waals surface area (Å²) in [5, 5.41) is 2.70. The number of benzene rings is 1. The maximum atomic E-state index is 12.7. The first-order valence-electron chi connectivity index (χ1n) is 7.63. The van der Waals surface area contributed by atoms with Gasteiger partial charge in [-0.05, 0) is 31.5 Å². The van der Waals surface area contributed by atoms with Gasteiger partial charge in [-0.2, -0.15) is 0 Å². The summed E-state index contributed by atoms with van der Waals surface area (Å²) in [6.45, 7) is 4.66. The van der Waals surface area contributed by atoms with Crippen LogP contribution in [0.25, 0.3) is 0 Å². The molecule has 2 heterocycles. The number of rotatable bonds is 3. The molecular weight excluding hydrogens is 422 g/mol. The molecule has 1 amide bonds. The SMILES string of the molecule is CC(C)(NC(=O)c1nc(Cl)c(Cl)c(Cl)c1Cl)c1ccc2c(c1)OCCO2. The number of carbonyl (C=O) groups is 1. The highest BCUT2D eigenvalue weighted by molar-refractivity contribution is 6.52. The van der Waals surface area contributed by atoms with Gasteiger partial charge in [0.15, 0.2) is 11.5 Å². The lowest BCUT2D eigenvalue weighted by Gasteiger charge is -2.28. The fraction of sp³-hybridized carbons (Fsp3) is 0.294. The largest absolute Gasteiger partial charge is 0.486 e. The van der Waals surface area contributed by atoms with E-state index in [1.807, 2.05) is 26.0 Å². The number of nitrogens with one attached hydrogen (secondary N) is 1. The maximum absolute atomic E-state index is 12.7. The molecule has 0 saturated carbocycles. The predicted octanol–water partition coefficient (Wildman–Crippen LogP) is 5.13. The first-order chi connectivity index (χ1) is 12.2. The minimum Gasteiger partial charge on any atom is -0.486 e. The zero-order valence-electron chi connectivity index (χ0n) is 13.8. The van der Waals surface area contributed by atoms with E-state index in [9.17, 15) is 4.79 Å². The second kappa shape index (κ2) is 7.31. The molecule has 0 atom stereocenters. The molecule has 1 aromatic heterocycles. The molecule has 9 heteroatoms. The number of carbonyl (C=O) groups excluding carboxylic acids is 1. The standard InChI is InChI=1S/C17H14Cl4N2O3/c1-17(2,8-3-4-9-10(7-8)26-6-5-25-9)23-16(24)14-12(19)11(18)13(20)15(21)22-14/h3-4,7H,5-6H2,1-2H3,(H,23,24). The Morgan fingerprint density at radius 3 is 2.38 bits per heavy atom. The summed E-state index contributed by atoms with van der Waals surface area (Å²) >= 11 is 23.9. The molecule has 2 aromatic rings. The average molecular weight is 436 g/mol. The van der Waals surface area contributed by atoms with Crippen LogP contribution in [0.15, 0.2) is 18.2 Å². The normalized spacial score (nSPS) is 13.5. The molecule has 0 spiro atoms. The molecule has 0 fully saturated rings. The number of hydrogen-bond donors (Lipinski definition) is 1. The van der Waals surface area contributed by atoms with Crippen LogP contribution in [0.2, 0.25) is 20.2 Å². The van der Waals surface area contributed by atoms with Crippen LogP contribution in [0.3, 0.4) is 0 Å². The van der Waals surface area contributed by atoms with Gasteiger partial charge in [0.2, 0.25) is 0 Å². The van der Waals surface area contributed by atoms with Crippen LogP contribution in [0, 0.1) is 0 Å². The highest BCUT2D eigenvalue weighted by atomic mass is 35.5. The van der Waals surface area contributed by atoms with Crippen molar-refractivity contribution in [2.75, 3.05) is 13.2 Å². The molecule has 0 bridgehead atoms. The van der Waals surface area contributed by atoms with Crippen molar-refractivity contribution >= 4 is 52.3 Å². The van der Waals surface area contributed by atoms with Crippen molar-refractivity contribution in [1.82, 2.24) is 10.3 Å². The number of pyridine rings is 1. The molecule has 1 aromatic carbocycles. The maximum Gasteiger partial charge on any atom is 0.272 e. The number of ether oxygens (including phenoxy) is 2. The van der Waals surface area contributed by atoms with Gasteiger partial charge in [-0.15, -0.1) is 0 Å². The van der Waals surface area contributed by atoms with Gasteiger partial charge in [0.25, 0.3) is 5.91 Å². The topological polar surface area (TPSA) is 60.5 Å². The van der Waals surface area contributed by atoms with Crippen molar-refractivity contribution in [2.24, 2.45) is 0 Å². The van der Waals surface area contributed by atoms with E-state index in [4.69, 9.17) is 55.9 Å². The van der Waals surface area contributed by atoms with Gasteiger partial charge < -0.3 is 14.8 Å². The predicted molar refractivity (Wildman–Crippen MR) is 102 cm³/mol. The van der Waals surface area contributed by atoms with Crippen molar-refractivity contribution in [3.05, 3.63) is 49.7 Å². The van der Waals surface area contributed by atoms with Crippen molar-refractivity contribution in [2.45, 2.75) is 19.4 Å². The quantitative estimate of drug-likeness (QED) is 0.678. The van der Waals surface area contributed by atoms with Gasteiger partial charge in [-0.25, -0.2) is 4.98 Å². The Hall–Kier alpha value is -1.40. The molecule has 1 aliphatic rings. The molecule has 3 rings (SSSR count). The van der Waals surface area contributed by atoms with Crippen molar-refractivity contribution in [3.8, 4) is 11.5 Å². The first kappa shape index (κ1) is 19.4. The van der Waals surface area contributed by atoms with Crippen LogP contribution in [0.4, 0.5) is 0 Å². The Morgan fingerprint density at radius 1 is 1.04 bits per heavy atom. The van der Waals surface area contributed by atoms with Crippen LogP contribution < -0.4 is 14.8 Å². The summed E-state index contributed by atoms with van der Waals surface area (Å²) < 4.78 is 11.1. The van der Waals surface area contributed by atoms with Gasteiger partial charge in [0, 0.05) is 0 Å². The Morgan fingerprint density at radius 2 is 1.69 bits per heavy atom. The minimum absolute atomic E-state index is 0.000907. The van der Waals surface area contributed by atoms with E-state index < -0.39 is 11.4 Å². The Bertz CT molecular complexity index is 887. The zero-order chi connectivity index (χ0) is 19.1. The van der Waals surface area contributed by atoms with E-state index in [-0.39, 0.29) is 25.9 Å². The third kappa shape index (κ3) is 3.67. The Balaban J connectivity index is 1.89. The lowest BCUT2D eigenvalue weighted by atomic mass is 9.93. The van der Waals surface area contributed by atoms with Crippen molar-refractivity contribution in [3.63, 3.8) is 0 Å². The molecule has 0 unspecified atom stereocenters. The zero-order valence-corrected chi connectivity index (χ0v) is 16.9. The summed E-state index contributed by atoms with van der Waals surface area (Å²) in [6.07, 6.45) is 0. The number of nitrogens with zero attached hydrogens (tertiary/aromatic N) is 1. The van der Waals surface area contributed by atoms with Crippen LogP contribution >= 0.6 is 46.4 Å². The Kier molecular flexibility index (Phi) is 5.45. The van der Waals surface area contributed by atoms with Gasteiger partial charge >= 0.3 is 0 Å². The summed E-state index contributed by atoms with van der Waals surface area (Å²) in [7, 11) is 0. The molecule has 5 nitrogen and oxygen atoms in total. The van der Waals surface area contributed by atoms with E-state index in [0.717, 1.165) is 5.56 Å². The van der Waals surface area contributed by atoms with Gasteiger partial charge in [0.1, 0.15) is 24.1 Å². The molecule has 0 saturated heterocycles. The fourth-order valence-electron chi connectivity index (χ4n) is 2.48. The molecule has 1 aliphatic heterocycles. The Labute approximate surface area is 170 Å². The van der Waals surface area contributed by atoms with Crippen molar-refractivity contribution in [1.29, 1.82) is 0 Å². The van der Waals surface area contributed by atoms with Crippen LogP contribution in [0.1, 0.15) is 29.9 Å². The number of halogens is 4. The molecule has 0 aliphatic carbocycles. The molecule has 138 valence electrons. The number of hydrogen-bond acceptors (Lipinski definition) is 4. The third-order valence-corrected chi connectivity index (χ3v) is 5.57. The summed E-state index contributed by atoms with van der Waals surface area (Å²) in [5.74, 6) is 0.767. The van der Waals surface area contributed by atoms with E-state index in [2.05, 4.69) is 10.3 Å². The van der Waals surface area contributed by atoms with Crippen molar-refractivity contribution < 1.29 is 14.3 Å². The second-order valence-corrected chi connectivity index (χ2v) is 7.62. The first-order valence-corrected chi connectivity index (χ1v) is 9.14. The van der Waals surface area contributed by atoms with E-state index in [1.165, 1.54) is 0 Å². The van der Waals surface area contributed by atoms with Crippen LogP contribution in [0.5, 0.6) is 11.5 Å². The van der Waals surface area contributed by atoms with E-state index >= 15 is 0 Å². The van der Waals surface area contributed by atoms with Gasteiger partial charge in [0.05, 0.1) is 20.6 Å².